The van der Waals surface area contributed by atoms with Crippen LogP contribution in [0.3, 0.4) is 0 Å². The summed E-state index contributed by atoms with van der Waals surface area (Å²) in [6.07, 6.45) is -0.888. The van der Waals surface area contributed by atoms with Gasteiger partial charge in [0.05, 0.1) is 6.10 Å². The monoisotopic (exact) mass is 372 g/mol. The van der Waals surface area contributed by atoms with Crippen LogP contribution < -0.4 is 4.74 Å². The van der Waals surface area contributed by atoms with Gasteiger partial charge in [0, 0.05) is 15.9 Å². The zero-order valence-corrected chi connectivity index (χ0v) is 13.7. The maximum atomic E-state index is 13.3. The lowest BCUT2D eigenvalue weighted by molar-refractivity contribution is 0.0478. The molecule has 0 radical (unpaired) electrons. The molecule has 2 unspecified atom stereocenters. The third-order valence-corrected chi connectivity index (χ3v) is 3.72. The van der Waals surface area contributed by atoms with E-state index in [9.17, 15) is 9.50 Å². The van der Waals surface area contributed by atoms with Gasteiger partial charge in [-0.3, -0.25) is 0 Å². The average molecular weight is 374 g/mol. The van der Waals surface area contributed by atoms with Crippen molar-refractivity contribution in [1.29, 1.82) is 0 Å². The zero-order valence-electron chi connectivity index (χ0n) is 11.4. The first-order valence-corrected chi connectivity index (χ1v) is 7.66. The fourth-order valence-electron chi connectivity index (χ4n) is 1.97. The highest BCUT2D eigenvalue weighted by atomic mass is 79.9. The summed E-state index contributed by atoms with van der Waals surface area (Å²) in [6.45, 7) is 1.76. The van der Waals surface area contributed by atoms with E-state index in [0.29, 0.717) is 27.2 Å². The number of ether oxygens (including phenoxy) is 1. The first-order chi connectivity index (χ1) is 9.94. The van der Waals surface area contributed by atoms with Crippen LogP contribution in [-0.4, -0.2) is 17.3 Å². The Labute approximate surface area is 136 Å². The number of hydrogen-bond donors (Lipinski definition) is 1. The van der Waals surface area contributed by atoms with Gasteiger partial charge in [-0.25, -0.2) is 4.39 Å². The van der Waals surface area contributed by atoms with Crippen molar-refractivity contribution in [2.75, 3.05) is 0 Å². The van der Waals surface area contributed by atoms with Gasteiger partial charge in [0.25, 0.3) is 0 Å². The summed E-state index contributed by atoms with van der Waals surface area (Å²) in [5.74, 6) is 0.254. The molecule has 1 N–H and O–H groups in total. The molecule has 2 nitrogen and oxygen atoms in total. The number of hydrogen-bond acceptors (Lipinski definition) is 2. The van der Waals surface area contributed by atoms with Gasteiger partial charge in [-0.15, -0.1) is 0 Å². The van der Waals surface area contributed by atoms with E-state index in [4.69, 9.17) is 16.3 Å². The van der Waals surface area contributed by atoms with Gasteiger partial charge >= 0.3 is 0 Å². The lowest BCUT2D eigenvalue weighted by Gasteiger charge is -2.21. The highest BCUT2D eigenvalue weighted by Crippen LogP contribution is 2.21. The molecular weight excluding hydrogens is 359 g/mol. The zero-order chi connectivity index (χ0) is 15.4. The van der Waals surface area contributed by atoms with E-state index < -0.39 is 12.2 Å². The topological polar surface area (TPSA) is 29.5 Å². The summed E-state index contributed by atoms with van der Waals surface area (Å²) < 4.78 is 19.6. The predicted molar refractivity (Wildman–Crippen MR) is 85.4 cm³/mol. The van der Waals surface area contributed by atoms with Crippen LogP contribution >= 0.6 is 27.5 Å². The molecule has 0 amide bonds. The van der Waals surface area contributed by atoms with Crippen molar-refractivity contribution in [1.82, 2.24) is 0 Å². The minimum absolute atomic E-state index is 0.304. The van der Waals surface area contributed by atoms with Crippen LogP contribution in [0.5, 0.6) is 5.75 Å². The molecule has 2 aromatic rings. The Kier molecular flexibility index (Phi) is 5.62. The summed E-state index contributed by atoms with van der Waals surface area (Å²) in [4.78, 5) is 0. The highest BCUT2D eigenvalue weighted by Gasteiger charge is 2.17. The lowest BCUT2D eigenvalue weighted by atomic mass is 10.0. The van der Waals surface area contributed by atoms with Crippen molar-refractivity contribution >= 4 is 27.5 Å². The maximum absolute atomic E-state index is 13.3. The van der Waals surface area contributed by atoms with Crippen LogP contribution in [0.2, 0.25) is 5.02 Å². The van der Waals surface area contributed by atoms with Crippen LogP contribution in [0.15, 0.2) is 46.9 Å². The third kappa shape index (κ3) is 4.99. The minimum atomic E-state index is -0.752. The Morgan fingerprint density at radius 3 is 2.71 bits per heavy atom. The predicted octanol–water partition coefficient (Wildman–Crippen LogP) is 4.61. The number of halogens is 3. The molecule has 5 heteroatoms. The van der Waals surface area contributed by atoms with Crippen LogP contribution in [0, 0.1) is 5.82 Å². The van der Waals surface area contributed by atoms with Crippen LogP contribution in [-0.2, 0) is 6.42 Å². The first kappa shape index (κ1) is 16.3. The lowest BCUT2D eigenvalue weighted by Crippen LogP contribution is -2.30. The first-order valence-electron chi connectivity index (χ1n) is 6.49. The molecule has 2 rings (SSSR count). The van der Waals surface area contributed by atoms with Gasteiger partial charge < -0.3 is 9.84 Å². The molecule has 112 valence electrons. The van der Waals surface area contributed by atoms with E-state index >= 15 is 0 Å². The van der Waals surface area contributed by atoms with E-state index in [1.54, 1.807) is 37.3 Å². The highest BCUT2D eigenvalue weighted by molar-refractivity contribution is 9.10. The fourth-order valence-corrected chi connectivity index (χ4v) is 2.66. The van der Waals surface area contributed by atoms with E-state index in [2.05, 4.69) is 15.9 Å². The van der Waals surface area contributed by atoms with Gasteiger partial charge in [-0.1, -0.05) is 33.6 Å². The van der Waals surface area contributed by atoms with E-state index in [1.807, 2.05) is 0 Å². The Hall–Kier alpha value is -1.10. The average Bonchev–Trinajstić information content (AvgIpc) is 2.37. The van der Waals surface area contributed by atoms with Gasteiger partial charge in [0.1, 0.15) is 17.7 Å². The Balaban J connectivity index is 2.00. The molecule has 0 aliphatic carbocycles. The SMILES string of the molecule is CC(Oc1cccc(Cl)c1)C(O)Cc1cc(F)cc(Br)c1. The van der Waals surface area contributed by atoms with Crippen molar-refractivity contribution in [2.45, 2.75) is 25.6 Å². The molecule has 21 heavy (non-hydrogen) atoms. The molecule has 0 saturated carbocycles. The maximum Gasteiger partial charge on any atom is 0.124 e. The summed E-state index contributed by atoms with van der Waals surface area (Å²) in [6, 6.07) is 11.5. The van der Waals surface area contributed by atoms with Crippen LogP contribution in [0.4, 0.5) is 4.39 Å². The number of aliphatic hydroxyl groups excluding tert-OH is 1. The summed E-state index contributed by atoms with van der Waals surface area (Å²) >= 11 is 9.12. The molecular formula is C16H15BrClFO2. The molecule has 0 aromatic heterocycles. The van der Waals surface area contributed by atoms with Crippen molar-refractivity contribution in [3.63, 3.8) is 0 Å². The molecule has 0 fully saturated rings. The van der Waals surface area contributed by atoms with Crippen LogP contribution in [0.25, 0.3) is 0 Å². The summed E-state index contributed by atoms with van der Waals surface area (Å²) in [5, 5.41) is 10.8. The molecule has 0 aliphatic heterocycles. The second-order valence-electron chi connectivity index (χ2n) is 4.83. The number of benzene rings is 2. The fraction of sp³-hybridized carbons (Fsp3) is 0.250. The van der Waals surface area contributed by atoms with Crippen molar-refractivity contribution in [2.24, 2.45) is 0 Å². The van der Waals surface area contributed by atoms with Gasteiger partial charge in [-0.05, 0) is 48.9 Å². The molecule has 0 bridgehead atoms. The van der Waals surface area contributed by atoms with Gasteiger partial charge in [-0.2, -0.15) is 0 Å². The van der Waals surface area contributed by atoms with Crippen LogP contribution in [0.1, 0.15) is 12.5 Å². The van der Waals surface area contributed by atoms with E-state index in [0.717, 1.165) is 0 Å². The smallest absolute Gasteiger partial charge is 0.124 e. The van der Waals surface area contributed by atoms with Crippen molar-refractivity contribution in [3.05, 3.63) is 63.3 Å². The number of aliphatic hydroxyl groups is 1. The third-order valence-electron chi connectivity index (χ3n) is 3.03. The second kappa shape index (κ2) is 7.25. The van der Waals surface area contributed by atoms with Crippen molar-refractivity contribution < 1.29 is 14.2 Å². The van der Waals surface area contributed by atoms with E-state index in [1.165, 1.54) is 12.1 Å². The second-order valence-corrected chi connectivity index (χ2v) is 6.18. The van der Waals surface area contributed by atoms with E-state index in [-0.39, 0.29) is 5.82 Å². The summed E-state index contributed by atoms with van der Waals surface area (Å²) in [5.41, 5.74) is 0.705. The molecule has 0 heterocycles. The van der Waals surface area contributed by atoms with Gasteiger partial charge in [0.15, 0.2) is 0 Å². The Morgan fingerprint density at radius 2 is 2.05 bits per heavy atom. The molecule has 2 aromatic carbocycles. The summed E-state index contributed by atoms with van der Waals surface area (Å²) in [7, 11) is 0. The normalized spacial score (nSPS) is 13.8. The van der Waals surface area contributed by atoms with Gasteiger partial charge in [0.2, 0.25) is 0 Å². The minimum Gasteiger partial charge on any atom is -0.488 e. The quantitative estimate of drug-likeness (QED) is 0.829. The Morgan fingerprint density at radius 1 is 1.29 bits per heavy atom. The molecule has 0 aliphatic rings. The molecule has 0 spiro atoms. The molecule has 0 saturated heterocycles. The van der Waals surface area contributed by atoms with Crippen molar-refractivity contribution in [3.8, 4) is 5.75 Å². The number of rotatable bonds is 5. The standard InChI is InChI=1S/C16H15BrClFO2/c1-10(21-15-4-2-3-13(18)9-15)16(20)7-11-5-12(17)8-14(19)6-11/h2-6,8-10,16,20H,7H2,1H3. The Bertz CT molecular complexity index is 601. The largest absolute Gasteiger partial charge is 0.488 e. The molecule has 2 atom stereocenters.